The van der Waals surface area contributed by atoms with E-state index in [0.29, 0.717) is 27.7 Å². The molecular formula is C18H17ClN2O3. The van der Waals surface area contributed by atoms with Gasteiger partial charge in [-0.1, -0.05) is 11.6 Å². The second-order valence-electron chi connectivity index (χ2n) is 5.75. The molecule has 0 aliphatic carbocycles. The minimum absolute atomic E-state index is 0.114. The highest BCUT2D eigenvalue weighted by molar-refractivity contribution is 6.30. The number of aryl methyl sites for hydroxylation is 1. The molecule has 6 heteroatoms. The molecule has 124 valence electrons. The Morgan fingerprint density at radius 3 is 2.71 bits per heavy atom. The monoisotopic (exact) mass is 344 g/mol. The molecule has 1 N–H and O–H groups in total. The Bertz CT molecular complexity index is 835. The molecule has 1 aliphatic rings. The van der Waals surface area contributed by atoms with Crippen LogP contribution in [0.15, 0.2) is 36.4 Å². The van der Waals surface area contributed by atoms with Crippen LogP contribution in [-0.2, 0) is 4.79 Å². The second kappa shape index (κ2) is 6.17. The summed E-state index contributed by atoms with van der Waals surface area (Å²) in [6.07, 6.45) is -0.570. The van der Waals surface area contributed by atoms with Gasteiger partial charge in [0.25, 0.3) is 11.8 Å². The van der Waals surface area contributed by atoms with Gasteiger partial charge in [-0.3, -0.25) is 9.59 Å². The first-order chi connectivity index (χ1) is 11.4. The first-order valence-corrected chi connectivity index (χ1v) is 7.90. The van der Waals surface area contributed by atoms with E-state index in [2.05, 4.69) is 5.32 Å². The molecule has 1 heterocycles. The number of carbonyl (C=O) groups is 2. The van der Waals surface area contributed by atoms with Crippen molar-refractivity contribution in [1.82, 2.24) is 0 Å². The van der Waals surface area contributed by atoms with E-state index in [1.807, 2.05) is 6.92 Å². The van der Waals surface area contributed by atoms with Crippen molar-refractivity contribution in [2.75, 3.05) is 17.3 Å². The van der Waals surface area contributed by atoms with Gasteiger partial charge in [0, 0.05) is 23.3 Å². The molecule has 1 unspecified atom stereocenters. The Balaban J connectivity index is 1.86. The number of nitrogens with zero attached hydrogens (tertiary/aromatic N) is 1. The number of anilines is 2. The summed E-state index contributed by atoms with van der Waals surface area (Å²) in [6, 6.07) is 10.3. The van der Waals surface area contributed by atoms with Gasteiger partial charge in [0.15, 0.2) is 6.10 Å². The standard InChI is InChI=1S/C18H17ClN2O3/c1-10-8-13(19)5-6-14(10)20-17(22)12-4-7-15-16(9-12)24-11(2)18(23)21(15)3/h4-9,11H,1-3H3,(H,20,22). The van der Waals surface area contributed by atoms with E-state index in [1.54, 1.807) is 50.4 Å². The number of fused-ring (bicyclic) bond motifs is 1. The van der Waals surface area contributed by atoms with Crippen molar-refractivity contribution in [2.24, 2.45) is 0 Å². The van der Waals surface area contributed by atoms with Gasteiger partial charge in [0.2, 0.25) is 0 Å². The Morgan fingerprint density at radius 1 is 1.25 bits per heavy atom. The number of halogens is 1. The Labute approximate surface area is 145 Å². The van der Waals surface area contributed by atoms with Crippen LogP contribution >= 0.6 is 11.6 Å². The lowest BCUT2D eigenvalue weighted by Gasteiger charge is -2.30. The molecule has 0 radical (unpaired) electrons. The summed E-state index contributed by atoms with van der Waals surface area (Å²) in [7, 11) is 1.69. The van der Waals surface area contributed by atoms with Gasteiger partial charge >= 0.3 is 0 Å². The predicted octanol–water partition coefficient (Wildman–Crippen LogP) is 3.64. The third-order valence-electron chi connectivity index (χ3n) is 4.00. The summed E-state index contributed by atoms with van der Waals surface area (Å²) in [5.74, 6) is 0.153. The van der Waals surface area contributed by atoms with E-state index in [4.69, 9.17) is 16.3 Å². The molecule has 0 spiro atoms. The minimum Gasteiger partial charge on any atom is -0.479 e. The van der Waals surface area contributed by atoms with Crippen LogP contribution in [-0.4, -0.2) is 25.0 Å². The summed E-state index contributed by atoms with van der Waals surface area (Å²) in [5, 5.41) is 3.48. The van der Waals surface area contributed by atoms with Crippen molar-refractivity contribution in [3.8, 4) is 5.75 Å². The van der Waals surface area contributed by atoms with E-state index < -0.39 is 6.10 Å². The summed E-state index contributed by atoms with van der Waals surface area (Å²) in [6.45, 7) is 3.56. The van der Waals surface area contributed by atoms with Gasteiger partial charge in [-0.05, 0) is 55.8 Å². The van der Waals surface area contributed by atoms with Gasteiger partial charge in [-0.15, -0.1) is 0 Å². The number of nitrogens with one attached hydrogen (secondary N) is 1. The van der Waals surface area contributed by atoms with Gasteiger partial charge in [0.05, 0.1) is 5.69 Å². The smallest absolute Gasteiger partial charge is 0.267 e. The SMILES string of the molecule is Cc1cc(Cl)ccc1NC(=O)c1ccc2c(c1)OC(C)C(=O)N2C. The molecule has 1 atom stereocenters. The van der Waals surface area contributed by atoms with Crippen molar-refractivity contribution < 1.29 is 14.3 Å². The number of carbonyl (C=O) groups excluding carboxylic acids is 2. The molecule has 0 bridgehead atoms. The van der Waals surface area contributed by atoms with E-state index in [9.17, 15) is 9.59 Å². The quantitative estimate of drug-likeness (QED) is 0.904. The number of rotatable bonds is 2. The van der Waals surface area contributed by atoms with Crippen molar-refractivity contribution in [3.63, 3.8) is 0 Å². The molecule has 0 saturated carbocycles. The van der Waals surface area contributed by atoms with Gasteiger partial charge < -0.3 is 15.0 Å². The van der Waals surface area contributed by atoms with Crippen LogP contribution in [0.3, 0.4) is 0 Å². The summed E-state index contributed by atoms with van der Waals surface area (Å²) in [4.78, 5) is 25.9. The summed E-state index contributed by atoms with van der Waals surface area (Å²) < 4.78 is 5.61. The van der Waals surface area contributed by atoms with Crippen molar-refractivity contribution in [2.45, 2.75) is 20.0 Å². The van der Waals surface area contributed by atoms with Crippen LogP contribution < -0.4 is 15.0 Å². The topological polar surface area (TPSA) is 58.6 Å². The first kappa shape index (κ1) is 16.3. The van der Waals surface area contributed by atoms with Crippen LogP contribution in [0.1, 0.15) is 22.8 Å². The molecule has 3 rings (SSSR count). The zero-order valence-electron chi connectivity index (χ0n) is 13.6. The average Bonchev–Trinajstić information content (AvgIpc) is 2.54. The molecule has 5 nitrogen and oxygen atoms in total. The number of likely N-dealkylation sites (N-methyl/N-ethyl adjacent to an activating group) is 1. The molecule has 2 aromatic rings. The zero-order valence-corrected chi connectivity index (χ0v) is 14.3. The summed E-state index contributed by atoms with van der Waals surface area (Å²) >= 11 is 5.93. The maximum atomic E-state index is 12.5. The third kappa shape index (κ3) is 2.95. The van der Waals surface area contributed by atoms with Crippen molar-refractivity contribution >= 4 is 34.8 Å². The molecule has 0 fully saturated rings. The molecule has 0 saturated heterocycles. The lowest BCUT2D eigenvalue weighted by atomic mass is 10.1. The van der Waals surface area contributed by atoms with E-state index in [1.165, 1.54) is 4.90 Å². The molecular weight excluding hydrogens is 328 g/mol. The van der Waals surface area contributed by atoms with Crippen molar-refractivity contribution in [1.29, 1.82) is 0 Å². The van der Waals surface area contributed by atoms with Crippen LogP contribution in [0.5, 0.6) is 5.75 Å². The molecule has 2 aromatic carbocycles. The maximum Gasteiger partial charge on any atom is 0.267 e. The lowest BCUT2D eigenvalue weighted by Crippen LogP contribution is -2.42. The highest BCUT2D eigenvalue weighted by Gasteiger charge is 2.29. The van der Waals surface area contributed by atoms with Crippen LogP contribution in [0, 0.1) is 6.92 Å². The molecule has 2 amide bonds. The lowest BCUT2D eigenvalue weighted by molar-refractivity contribution is -0.125. The number of hydrogen-bond donors (Lipinski definition) is 1. The number of ether oxygens (including phenoxy) is 1. The fraction of sp³-hybridized carbons (Fsp3) is 0.222. The largest absolute Gasteiger partial charge is 0.479 e. The molecule has 24 heavy (non-hydrogen) atoms. The third-order valence-corrected chi connectivity index (χ3v) is 4.24. The summed E-state index contributed by atoms with van der Waals surface area (Å²) in [5.41, 5.74) is 2.68. The normalized spacial score (nSPS) is 16.4. The van der Waals surface area contributed by atoms with Gasteiger partial charge in [-0.2, -0.15) is 0 Å². The minimum atomic E-state index is -0.570. The molecule has 0 aromatic heterocycles. The van der Waals surface area contributed by atoms with Gasteiger partial charge in [-0.25, -0.2) is 0 Å². The zero-order chi connectivity index (χ0) is 17.4. The number of amides is 2. The maximum absolute atomic E-state index is 12.5. The van der Waals surface area contributed by atoms with E-state index in [0.717, 1.165) is 5.56 Å². The second-order valence-corrected chi connectivity index (χ2v) is 6.19. The predicted molar refractivity (Wildman–Crippen MR) is 94.1 cm³/mol. The molecule has 1 aliphatic heterocycles. The number of hydrogen-bond acceptors (Lipinski definition) is 3. The van der Waals surface area contributed by atoms with Crippen LogP contribution in [0.2, 0.25) is 5.02 Å². The van der Waals surface area contributed by atoms with Crippen LogP contribution in [0.4, 0.5) is 11.4 Å². The Hall–Kier alpha value is -2.53. The fourth-order valence-electron chi connectivity index (χ4n) is 2.62. The first-order valence-electron chi connectivity index (χ1n) is 7.52. The van der Waals surface area contributed by atoms with E-state index in [-0.39, 0.29) is 11.8 Å². The van der Waals surface area contributed by atoms with Crippen LogP contribution in [0.25, 0.3) is 0 Å². The average molecular weight is 345 g/mol. The highest BCUT2D eigenvalue weighted by Crippen LogP contribution is 2.34. The van der Waals surface area contributed by atoms with Crippen molar-refractivity contribution in [3.05, 3.63) is 52.5 Å². The Morgan fingerprint density at radius 2 is 2.00 bits per heavy atom. The Kier molecular flexibility index (Phi) is 4.20. The highest BCUT2D eigenvalue weighted by atomic mass is 35.5. The number of benzene rings is 2. The fourth-order valence-corrected chi connectivity index (χ4v) is 2.85. The van der Waals surface area contributed by atoms with E-state index >= 15 is 0 Å². The van der Waals surface area contributed by atoms with Gasteiger partial charge in [0.1, 0.15) is 5.75 Å².